The molecule has 0 radical (unpaired) electrons. The molecule has 0 aliphatic carbocycles. The van der Waals surface area contributed by atoms with Gasteiger partial charge in [-0.2, -0.15) is 0 Å². The summed E-state index contributed by atoms with van der Waals surface area (Å²) in [6, 6.07) is 3.57. The fourth-order valence-electron chi connectivity index (χ4n) is 1.98. The molecule has 1 aromatic carbocycles. The van der Waals surface area contributed by atoms with E-state index < -0.39 is 11.6 Å². The van der Waals surface area contributed by atoms with Gasteiger partial charge in [0.2, 0.25) is 0 Å². The monoisotopic (exact) mass is 256 g/mol. The first kappa shape index (κ1) is 15.1. The highest BCUT2D eigenvalue weighted by Crippen LogP contribution is 2.16. The second-order valence-corrected chi connectivity index (χ2v) is 5.03. The van der Waals surface area contributed by atoms with Gasteiger partial charge in [0, 0.05) is 19.1 Å². The maximum atomic E-state index is 13.1. The van der Waals surface area contributed by atoms with Crippen molar-refractivity contribution in [2.45, 2.75) is 26.8 Å². The number of nitrogens with two attached hydrogens (primary N) is 1. The van der Waals surface area contributed by atoms with Gasteiger partial charge in [-0.1, -0.05) is 26.8 Å². The number of halogens is 2. The van der Waals surface area contributed by atoms with Crippen LogP contribution in [0.15, 0.2) is 18.2 Å². The molecular weight excluding hydrogens is 234 g/mol. The number of hydrogen-bond acceptors (Lipinski definition) is 2. The molecule has 0 aliphatic heterocycles. The maximum absolute atomic E-state index is 13.1. The Hall–Kier alpha value is -1.00. The third-order valence-electron chi connectivity index (χ3n) is 2.90. The molecule has 1 atom stereocenters. The second kappa shape index (κ2) is 6.81. The smallest absolute Gasteiger partial charge is 0.159 e. The van der Waals surface area contributed by atoms with Gasteiger partial charge in [0.05, 0.1) is 0 Å². The Morgan fingerprint density at radius 1 is 1.17 bits per heavy atom. The summed E-state index contributed by atoms with van der Waals surface area (Å²) in [4.78, 5) is 2.22. The number of hydrogen-bond donors (Lipinski definition) is 1. The molecule has 0 saturated carbocycles. The minimum atomic E-state index is -0.838. The van der Waals surface area contributed by atoms with Gasteiger partial charge in [-0.05, 0) is 30.2 Å². The number of nitrogens with zero attached hydrogens (tertiary/aromatic N) is 1. The summed E-state index contributed by atoms with van der Waals surface area (Å²) in [5.41, 5.74) is 6.67. The lowest BCUT2D eigenvalue weighted by atomic mass is 10.1. The van der Waals surface area contributed by atoms with Crippen LogP contribution in [-0.4, -0.2) is 24.5 Å². The molecule has 0 heterocycles. The molecule has 2 N–H and O–H groups in total. The van der Waals surface area contributed by atoms with Crippen LogP contribution in [0.4, 0.5) is 8.78 Å². The van der Waals surface area contributed by atoms with Crippen molar-refractivity contribution >= 4 is 0 Å². The third kappa shape index (κ3) is 4.35. The summed E-state index contributed by atoms with van der Waals surface area (Å²) < 4.78 is 26.0. The Balaban J connectivity index is 2.68. The topological polar surface area (TPSA) is 29.3 Å². The van der Waals surface area contributed by atoms with E-state index >= 15 is 0 Å². The van der Waals surface area contributed by atoms with Crippen molar-refractivity contribution in [3.63, 3.8) is 0 Å². The number of likely N-dealkylation sites (N-methyl/N-ethyl adjacent to an activating group) is 1. The molecule has 0 aromatic heterocycles. The minimum absolute atomic E-state index is 0.293. The highest BCUT2D eigenvalue weighted by atomic mass is 19.2. The number of benzene rings is 1. The van der Waals surface area contributed by atoms with Crippen molar-refractivity contribution < 1.29 is 8.78 Å². The third-order valence-corrected chi connectivity index (χ3v) is 2.90. The highest BCUT2D eigenvalue weighted by Gasteiger charge is 2.14. The largest absolute Gasteiger partial charge is 0.323 e. The van der Waals surface area contributed by atoms with Crippen LogP contribution in [0, 0.1) is 17.6 Å². The first-order valence-corrected chi connectivity index (χ1v) is 6.36. The fourth-order valence-corrected chi connectivity index (χ4v) is 1.98. The summed E-state index contributed by atoms with van der Waals surface area (Å²) >= 11 is 0. The Labute approximate surface area is 108 Å². The van der Waals surface area contributed by atoms with Gasteiger partial charge < -0.3 is 10.6 Å². The van der Waals surface area contributed by atoms with Crippen molar-refractivity contribution in [3.8, 4) is 0 Å². The molecule has 1 aromatic rings. The summed E-state index contributed by atoms with van der Waals surface area (Å²) in [7, 11) is 0. The summed E-state index contributed by atoms with van der Waals surface area (Å²) in [5.74, 6) is -1.11. The van der Waals surface area contributed by atoms with E-state index in [9.17, 15) is 8.78 Å². The quantitative estimate of drug-likeness (QED) is 0.848. The first-order valence-electron chi connectivity index (χ1n) is 6.36. The van der Waals surface area contributed by atoms with Gasteiger partial charge in [-0.3, -0.25) is 0 Å². The van der Waals surface area contributed by atoms with Crippen molar-refractivity contribution in [3.05, 3.63) is 35.4 Å². The van der Waals surface area contributed by atoms with Gasteiger partial charge in [0.15, 0.2) is 11.6 Å². The van der Waals surface area contributed by atoms with E-state index in [1.807, 2.05) is 0 Å². The predicted molar refractivity (Wildman–Crippen MR) is 70.2 cm³/mol. The molecule has 102 valence electrons. The second-order valence-electron chi connectivity index (χ2n) is 5.03. The first-order chi connectivity index (χ1) is 8.43. The van der Waals surface area contributed by atoms with Crippen molar-refractivity contribution in [1.82, 2.24) is 4.90 Å². The van der Waals surface area contributed by atoms with Crippen LogP contribution in [-0.2, 0) is 0 Å². The Morgan fingerprint density at radius 2 is 1.83 bits per heavy atom. The van der Waals surface area contributed by atoms with E-state index in [-0.39, 0.29) is 6.04 Å². The van der Waals surface area contributed by atoms with Gasteiger partial charge in [-0.15, -0.1) is 0 Å². The van der Waals surface area contributed by atoms with E-state index in [1.54, 1.807) is 6.07 Å². The van der Waals surface area contributed by atoms with Gasteiger partial charge in [-0.25, -0.2) is 8.78 Å². The van der Waals surface area contributed by atoms with Crippen LogP contribution in [0.1, 0.15) is 32.4 Å². The van der Waals surface area contributed by atoms with Gasteiger partial charge >= 0.3 is 0 Å². The zero-order valence-electron chi connectivity index (χ0n) is 11.3. The molecular formula is C14H22F2N2. The fraction of sp³-hybridized carbons (Fsp3) is 0.571. The van der Waals surface area contributed by atoms with Crippen LogP contribution < -0.4 is 5.73 Å². The molecule has 0 bridgehead atoms. The molecule has 0 aliphatic rings. The molecule has 0 fully saturated rings. The van der Waals surface area contributed by atoms with Crippen molar-refractivity contribution in [1.29, 1.82) is 0 Å². The lowest BCUT2D eigenvalue weighted by Crippen LogP contribution is -2.34. The Kier molecular flexibility index (Phi) is 5.69. The molecule has 0 amide bonds. The van der Waals surface area contributed by atoms with Crippen molar-refractivity contribution in [2.75, 3.05) is 19.6 Å². The SMILES string of the molecule is CCN(CC(C)C)CC(N)c1ccc(F)c(F)c1. The van der Waals surface area contributed by atoms with Crippen molar-refractivity contribution in [2.24, 2.45) is 11.7 Å². The van der Waals surface area contributed by atoms with Crippen LogP contribution in [0.25, 0.3) is 0 Å². The van der Waals surface area contributed by atoms with E-state index in [2.05, 4.69) is 25.7 Å². The molecule has 0 saturated heterocycles. The van der Waals surface area contributed by atoms with Gasteiger partial charge in [0.25, 0.3) is 0 Å². The van der Waals surface area contributed by atoms with E-state index in [1.165, 1.54) is 6.07 Å². The molecule has 4 heteroatoms. The normalized spacial score (nSPS) is 13.3. The molecule has 1 unspecified atom stereocenters. The lowest BCUT2D eigenvalue weighted by Gasteiger charge is -2.26. The van der Waals surface area contributed by atoms with Crippen LogP contribution in [0.3, 0.4) is 0 Å². The van der Waals surface area contributed by atoms with E-state index in [4.69, 9.17) is 5.73 Å². The minimum Gasteiger partial charge on any atom is -0.323 e. The lowest BCUT2D eigenvalue weighted by molar-refractivity contribution is 0.242. The number of rotatable bonds is 6. The van der Waals surface area contributed by atoms with Crippen LogP contribution in [0.2, 0.25) is 0 Å². The van der Waals surface area contributed by atoms with Crippen LogP contribution in [0.5, 0.6) is 0 Å². The summed E-state index contributed by atoms with van der Waals surface area (Å²) in [5, 5.41) is 0. The molecule has 2 nitrogen and oxygen atoms in total. The highest BCUT2D eigenvalue weighted by molar-refractivity contribution is 5.21. The Bertz CT molecular complexity index is 380. The van der Waals surface area contributed by atoms with E-state index in [0.717, 1.165) is 19.2 Å². The molecule has 0 spiro atoms. The average Bonchev–Trinajstić information content (AvgIpc) is 2.31. The molecule has 1 rings (SSSR count). The standard InChI is InChI=1S/C14H22F2N2/c1-4-18(8-10(2)3)9-14(17)11-5-6-12(15)13(16)7-11/h5-7,10,14H,4,8-9,17H2,1-3H3. The zero-order valence-corrected chi connectivity index (χ0v) is 11.3. The van der Waals surface area contributed by atoms with E-state index in [0.29, 0.717) is 18.0 Å². The zero-order chi connectivity index (χ0) is 13.7. The predicted octanol–water partition coefficient (Wildman–Crippen LogP) is 2.94. The van der Waals surface area contributed by atoms with Crippen LogP contribution >= 0.6 is 0 Å². The average molecular weight is 256 g/mol. The Morgan fingerprint density at radius 3 is 2.33 bits per heavy atom. The summed E-state index contributed by atoms with van der Waals surface area (Å²) in [6.07, 6.45) is 0. The molecule has 18 heavy (non-hydrogen) atoms. The maximum Gasteiger partial charge on any atom is 0.159 e. The summed E-state index contributed by atoms with van der Waals surface area (Å²) in [6.45, 7) is 8.86. The van der Waals surface area contributed by atoms with Gasteiger partial charge in [0.1, 0.15) is 0 Å².